The average Bonchev–Trinajstić information content (AvgIpc) is 3.37. The van der Waals surface area contributed by atoms with E-state index in [9.17, 15) is 19.1 Å². The first-order valence-corrected chi connectivity index (χ1v) is 12.1. The van der Waals surface area contributed by atoms with Gasteiger partial charge in [0.05, 0.1) is 21.8 Å². The van der Waals surface area contributed by atoms with Gasteiger partial charge in [0.25, 0.3) is 5.78 Å². The molecule has 0 aliphatic carbocycles. The summed E-state index contributed by atoms with van der Waals surface area (Å²) in [5, 5.41) is 11.5. The zero-order valence-corrected chi connectivity index (χ0v) is 20.3. The van der Waals surface area contributed by atoms with Gasteiger partial charge < -0.3 is 5.11 Å². The SMILES string of the molecule is Cc1ccc(/C(O)=C2\C(=O)C(=O)N(c3nc4ccc(F)cc4s3)[C@H]2c2ccc(C(C)C)cc2)cc1. The first kappa shape index (κ1) is 22.9. The largest absolute Gasteiger partial charge is 0.507 e. The lowest BCUT2D eigenvalue weighted by molar-refractivity contribution is -0.132. The minimum absolute atomic E-state index is 0.00147. The molecule has 3 aromatic carbocycles. The van der Waals surface area contributed by atoms with Crippen LogP contribution in [0.4, 0.5) is 9.52 Å². The Morgan fingerprint density at radius 1 is 1.03 bits per heavy atom. The topological polar surface area (TPSA) is 70.5 Å². The number of hydrogen-bond acceptors (Lipinski definition) is 5. The molecular formula is C28H23FN2O3S. The fraction of sp³-hybridized carbons (Fsp3) is 0.179. The molecule has 5 nitrogen and oxygen atoms in total. The predicted molar refractivity (Wildman–Crippen MR) is 136 cm³/mol. The normalized spacial score (nSPS) is 17.6. The molecule has 1 fully saturated rings. The van der Waals surface area contributed by atoms with Crippen LogP contribution >= 0.6 is 11.3 Å². The summed E-state index contributed by atoms with van der Waals surface area (Å²) in [6, 6.07) is 18.1. The molecule has 1 atom stereocenters. The van der Waals surface area contributed by atoms with Crippen molar-refractivity contribution in [1.82, 2.24) is 4.98 Å². The van der Waals surface area contributed by atoms with Crippen LogP contribution in [0.5, 0.6) is 0 Å². The van der Waals surface area contributed by atoms with Crippen molar-refractivity contribution in [3.8, 4) is 0 Å². The summed E-state index contributed by atoms with van der Waals surface area (Å²) >= 11 is 1.13. The molecular weight excluding hydrogens is 463 g/mol. The maximum atomic E-state index is 13.8. The quantitative estimate of drug-likeness (QED) is 0.203. The van der Waals surface area contributed by atoms with Crippen molar-refractivity contribution in [3.05, 3.63) is 100 Å². The number of anilines is 1. The number of amides is 1. The number of aromatic nitrogens is 1. The third-order valence-electron chi connectivity index (χ3n) is 6.23. The van der Waals surface area contributed by atoms with Gasteiger partial charge in [-0.1, -0.05) is 79.3 Å². The Balaban J connectivity index is 1.71. The van der Waals surface area contributed by atoms with E-state index in [0.717, 1.165) is 22.5 Å². The summed E-state index contributed by atoms with van der Waals surface area (Å²) in [6.07, 6.45) is 0. The maximum Gasteiger partial charge on any atom is 0.301 e. The second-order valence-corrected chi connectivity index (χ2v) is 9.97. The lowest BCUT2D eigenvalue weighted by atomic mass is 9.93. The number of aliphatic hydroxyl groups is 1. The number of Topliss-reactive ketones (excluding diaryl/α,β-unsaturated/α-hetero) is 1. The minimum Gasteiger partial charge on any atom is -0.507 e. The van der Waals surface area contributed by atoms with Crippen LogP contribution in [0.15, 0.2) is 72.3 Å². The van der Waals surface area contributed by atoms with Gasteiger partial charge in [-0.3, -0.25) is 14.5 Å². The van der Waals surface area contributed by atoms with Crippen LogP contribution < -0.4 is 4.90 Å². The number of benzene rings is 3. The molecule has 1 N–H and O–H groups in total. The first-order valence-electron chi connectivity index (χ1n) is 11.3. The third kappa shape index (κ3) is 4.02. The van der Waals surface area contributed by atoms with Gasteiger partial charge >= 0.3 is 5.91 Å². The molecule has 7 heteroatoms. The van der Waals surface area contributed by atoms with Gasteiger partial charge in [0, 0.05) is 5.56 Å². The van der Waals surface area contributed by atoms with Crippen LogP contribution in [0.3, 0.4) is 0 Å². The van der Waals surface area contributed by atoms with E-state index >= 15 is 0 Å². The zero-order valence-electron chi connectivity index (χ0n) is 19.4. The molecule has 0 saturated carbocycles. The van der Waals surface area contributed by atoms with Crippen LogP contribution in [-0.4, -0.2) is 21.8 Å². The Hall–Kier alpha value is -3.84. The predicted octanol–water partition coefficient (Wildman–Crippen LogP) is 6.49. The Bertz CT molecular complexity index is 1490. The number of ketones is 1. The molecule has 4 aromatic rings. The van der Waals surface area contributed by atoms with E-state index in [1.807, 2.05) is 43.3 Å². The van der Waals surface area contributed by atoms with E-state index in [2.05, 4.69) is 18.8 Å². The van der Waals surface area contributed by atoms with Crippen LogP contribution in [0.25, 0.3) is 16.0 Å². The molecule has 1 aliphatic rings. The Morgan fingerprint density at radius 3 is 2.37 bits per heavy atom. The highest BCUT2D eigenvalue weighted by Crippen LogP contribution is 2.44. The summed E-state index contributed by atoms with van der Waals surface area (Å²) in [7, 11) is 0. The molecule has 0 bridgehead atoms. The number of aryl methyl sites for hydroxylation is 1. The second-order valence-electron chi connectivity index (χ2n) is 8.96. The molecule has 0 unspecified atom stereocenters. The highest BCUT2D eigenvalue weighted by molar-refractivity contribution is 7.22. The lowest BCUT2D eigenvalue weighted by Gasteiger charge is -2.23. The van der Waals surface area contributed by atoms with Gasteiger partial charge in [-0.05, 0) is 42.2 Å². The number of carbonyl (C=O) groups is 2. The monoisotopic (exact) mass is 486 g/mol. The molecule has 1 saturated heterocycles. The van der Waals surface area contributed by atoms with Gasteiger partial charge in [0.2, 0.25) is 0 Å². The number of thiazole rings is 1. The molecule has 0 spiro atoms. The van der Waals surface area contributed by atoms with Gasteiger partial charge in [0.1, 0.15) is 11.6 Å². The van der Waals surface area contributed by atoms with E-state index in [-0.39, 0.29) is 16.5 Å². The second kappa shape index (κ2) is 8.74. The molecule has 2 heterocycles. The van der Waals surface area contributed by atoms with Crippen molar-refractivity contribution >= 4 is 44.1 Å². The number of carbonyl (C=O) groups excluding carboxylic acids is 2. The fourth-order valence-electron chi connectivity index (χ4n) is 4.26. The fourth-order valence-corrected chi connectivity index (χ4v) is 5.28. The highest BCUT2D eigenvalue weighted by Gasteiger charge is 2.48. The van der Waals surface area contributed by atoms with Gasteiger partial charge in [0.15, 0.2) is 5.13 Å². The van der Waals surface area contributed by atoms with E-state index in [4.69, 9.17) is 0 Å². The number of halogens is 1. The minimum atomic E-state index is -0.872. The van der Waals surface area contributed by atoms with Crippen LogP contribution in [-0.2, 0) is 9.59 Å². The van der Waals surface area contributed by atoms with Gasteiger partial charge in [-0.25, -0.2) is 9.37 Å². The summed E-state index contributed by atoms with van der Waals surface area (Å²) in [5.74, 6) is -1.91. The average molecular weight is 487 g/mol. The highest BCUT2D eigenvalue weighted by atomic mass is 32.1. The molecule has 176 valence electrons. The summed E-state index contributed by atoms with van der Waals surface area (Å²) in [4.78, 5) is 32.5. The van der Waals surface area contributed by atoms with Crippen molar-refractivity contribution in [1.29, 1.82) is 0 Å². The van der Waals surface area contributed by atoms with Crippen molar-refractivity contribution in [2.75, 3.05) is 4.90 Å². The smallest absolute Gasteiger partial charge is 0.301 e. The van der Waals surface area contributed by atoms with Crippen molar-refractivity contribution < 1.29 is 19.1 Å². The van der Waals surface area contributed by atoms with Gasteiger partial charge in [-0.15, -0.1) is 0 Å². The summed E-state index contributed by atoms with van der Waals surface area (Å²) in [6.45, 7) is 6.09. The Labute approximate surface area is 206 Å². The number of fused-ring (bicyclic) bond motifs is 1. The molecule has 1 aromatic heterocycles. The number of nitrogens with zero attached hydrogens (tertiary/aromatic N) is 2. The molecule has 1 amide bonds. The molecule has 0 radical (unpaired) electrons. The Kier molecular flexibility index (Phi) is 5.73. The van der Waals surface area contributed by atoms with Crippen LogP contribution in [0.1, 0.15) is 48.1 Å². The number of rotatable bonds is 4. The van der Waals surface area contributed by atoms with E-state index in [1.165, 1.54) is 17.0 Å². The first-order chi connectivity index (χ1) is 16.7. The van der Waals surface area contributed by atoms with E-state index < -0.39 is 23.5 Å². The standard InChI is InChI=1S/C28H23FN2O3S/c1-15(2)17-8-10-18(11-9-17)24-23(25(32)19-6-4-16(3)5-7-19)26(33)27(34)31(24)28-30-21-13-12-20(29)14-22(21)35-28/h4-15,24,32H,1-3H3/b25-23+/t24-/m0/s1. The van der Waals surface area contributed by atoms with Crippen molar-refractivity contribution in [2.45, 2.75) is 32.7 Å². The third-order valence-corrected chi connectivity index (χ3v) is 7.25. The van der Waals surface area contributed by atoms with Gasteiger partial charge in [-0.2, -0.15) is 0 Å². The van der Waals surface area contributed by atoms with Crippen LogP contribution in [0, 0.1) is 12.7 Å². The molecule has 1 aliphatic heterocycles. The van der Waals surface area contributed by atoms with E-state index in [1.54, 1.807) is 18.2 Å². The van der Waals surface area contributed by atoms with E-state index in [0.29, 0.717) is 27.3 Å². The zero-order chi connectivity index (χ0) is 24.9. The molecule has 5 rings (SSSR count). The maximum absolute atomic E-state index is 13.8. The van der Waals surface area contributed by atoms with Crippen LogP contribution in [0.2, 0.25) is 0 Å². The van der Waals surface area contributed by atoms with Crippen molar-refractivity contribution in [3.63, 3.8) is 0 Å². The van der Waals surface area contributed by atoms with Crippen molar-refractivity contribution in [2.24, 2.45) is 0 Å². The number of hydrogen-bond donors (Lipinski definition) is 1. The summed E-state index contributed by atoms with van der Waals surface area (Å²) in [5.41, 5.74) is 3.77. The lowest BCUT2D eigenvalue weighted by Crippen LogP contribution is -2.29. The number of aliphatic hydroxyl groups excluding tert-OH is 1. The summed E-state index contributed by atoms with van der Waals surface area (Å²) < 4.78 is 14.4. The molecule has 35 heavy (non-hydrogen) atoms. The Morgan fingerprint density at radius 2 is 1.71 bits per heavy atom.